The second-order valence-corrected chi connectivity index (χ2v) is 5.26. The molecule has 0 saturated carbocycles. The zero-order valence-corrected chi connectivity index (χ0v) is 12.0. The number of aliphatic hydroxyl groups excluding tert-OH is 1. The van der Waals surface area contributed by atoms with Crippen molar-refractivity contribution in [3.05, 3.63) is 29.8 Å². The maximum Gasteiger partial charge on any atom is 0.227 e. The number of likely N-dealkylation sites (tertiary alicyclic amines) is 1. The maximum absolute atomic E-state index is 12.5. The van der Waals surface area contributed by atoms with Crippen LogP contribution >= 0.6 is 0 Å². The van der Waals surface area contributed by atoms with E-state index in [-0.39, 0.29) is 18.6 Å². The van der Waals surface area contributed by atoms with Gasteiger partial charge in [-0.1, -0.05) is 31.0 Å². The van der Waals surface area contributed by atoms with Crippen LogP contribution in [-0.4, -0.2) is 42.2 Å². The molecule has 1 saturated heterocycles. The summed E-state index contributed by atoms with van der Waals surface area (Å²) in [5.74, 6) is 0.826. The van der Waals surface area contributed by atoms with Gasteiger partial charge in [-0.2, -0.15) is 0 Å². The number of aliphatic hydroxyl groups is 1. The largest absolute Gasteiger partial charge is 0.496 e. The van der Waals surface area contributed by atoms with Crippen LogP contribution in [0.1, 0.15) is 31.2 Å². The van der Waals surface area contributed by atoms with Gasteiger partial charge in [0.1, 0.15) is 5.75 Å². The minimum absolute atomic E-state index is 0.0280. The summed E-state index contributed by atoms with van der Waals surface area (Å²) in [6.45, 7) is 0.802. The zero-order chi connectivity index (χ0) is 14.4. The minimum Gasteiger partial charge on any atom is -0.496 e. The van der Waals surface area contributed by atoms with E-state index in [1.807, 2.05) is 29.2 Å². The van der Waals surface area contributed by atoms with Gasteiger partial charge < -0.3 is 14.7 Å². The molecule has 4 heteroatoms. The Morgan fingerprint density at radius 1 is 1.35 bits per heavy atom. The number of benzene rings is 1. The summed E-state index contributed by atoms with van der Waals surface area (Å²) >= 11 is 0. The molecule has 1 aliphatic heterocycles. The number of methoxy groups -OCH3 is 1. The lowest BCUT2D eigenvalue weighted by Gasteiger charge is -2.29. The third-order valence-corrected chi connectivity index (χ3v) is 3.94. The summed E-state index contributed by atoms with van der Waals surface area (Å²) in [5, 5.41) is 9.48. The van der Waals surface area contributed by atoms with Crippen molar-refractivity contribution in [1.82, 2.24) is 4.90 Å². The second kappa shape index (κ2) is 7.29. The van der Waals surface area contributed by atoms with E-state index < -0.39 is 0 Å². The molecule has 110 valence electrons. The first-order chi connectivity index (χ1) is 9.76. The molecular weight excluding hydrogens is 254 g/mol. The average molecular weight is 277 g/mol. The molecule has 0 bridgehead atoms. The average Bonchev–Trinajstić information content (AvgIpc) is 2.73. The SMILES string of the molecule is COc1ccccc1CC(=O)N1CCCCCC1CO. The summed E-state index contributed by atoms with van der Waals surface area (Å²) < 4.78 is 5.29. The molecule has 4 nitrogen and oxygen atoms in total. The number of carbonyl (C=O) groups is 1. The number of carbonyl (C=O) groups excluding carboxylic acids is 1. The minimum atomic E-state index is -0.0280. The normalized spacial score (nSPS) is 19.5. The number of hydrogen-bond acceptors (Lipinski definition) is 3. The van der Waals surface area contributed by atoms with Crippen LogP contribution in [0.3, 0.4) is 0 Å². The van der Waals surface area contributed by atoms with Gasteiger partial charge in [0.25, 0.3) is 0 Å². The van der Waals surface area contributed by atoms with Crippen LogP contribution in [0.5, 0.6) is 5.75 Å². The van der Waals surface area contributed by atoms with E-state index in [4.69, 9.17) is 4.74 Å². The van der Waals surface area contributed by atoms with Gasteiger partial charge in [0.15, 0.2) is 0 Å². The van der Waals surface area contributed by atoms with Crippen molar-refractivity contribution in [2.45, 2.75) is 38.1 Å². The number of ether oxygens (including phenoxy) is 1. The second-order valence-electron chi connectivity index (χ2n) is 5.26. The van der Waals surface area contributed by atoms with Crippen LogP contribution < -0.4 is 4.74 Å². The van der Waals surface area contributed by atoms with Crippen molar-refractivity contribution in [3.63, 3.8) is 0 Å². The molecule has 0 radical (unpaired) electrons. The van der Waals surface area contributed by atoms with E-state index >= 15 is 0 Å². The first kappa shape index (κ1) is 14.9. The highest BCUT2D eigenvalue weighted by Crippen LogP contribution is 2.21. The fourth-order valence-corrected chi connectivity index (χ4v) is 2.81. The Bertz CT molecular complexity index is 447. The van der Waals surface area contributed by atoms with Crippen molar-refractivity contribution in [2.75, 3.05) is 20.3 Å². The monoisotopic (exact) mass is 277 g/mol. The molecule has 1 atom stereocenters. The Labute approximate surface area is 120 Å². The van der Waals surface area contributed by atoms with Gasteiger partial charge in [0, 0.05) is 12.1 Å². The molecule has 1 aromatic rings. The standard InChI is InChI=1S/C16H23NO3/c1-20-15-9-5-4-7-13(15)11-16(19)17-10-6-2-3-8-14(17)12-18/h4-5,7,9,14,18H,2-3,6,8,10-12H2,1H3. The van der Waals surface area contributed by atoms with Crippen LogP contribution in [-0.2, 0) is 11.2 Å². The van der Waals surface area contributed by atoms with Crippen molar-refractivity contribution in [2.24, 2.45) is 0 Å². The maximum atomic E-state index is 12.5. The summed E-state index contributed by atoms with van der Waals surface area (Å²) in [5.41, 5.74) is 0.904. The Morgan fingerprint density at radius 2 is 2.15 bits per heavy atom. The Morgan fingerprint density at radius 3 is 2.90 bits per heavy atom. The van der Waals surface area contributed by atoms with Crippen molar-refractivity contribution >= 4 is 5.91 Å². The van der Waals surface area contributed by atoms with Crippen LogP contribution in [0.25, 0.3) is 0 Å². The Hall–Kier alpha value is -1.55. The molecule has 0 aliphatic carbocycles. The molecule has 0 aromatic heterocycles. The molecule has 1 fully saturated rings. The number of para-hydroxylation sites is 1. The van der Waals surface area contributed by atoms with Crippen LogP contribution in [0.2, 0.25) is 0 Å². The van der Waals surface area contributed by atoms with Crippen LogP contribution in [0.4, 0.5) is 0 Å². The van der Waals surface area contributed by atoms with Gasteiger partial charge >= 0.3 is 0 Å². The molecule has 1 aromatic carbocycles. The molecule has 1 unspecified atom stereocenters. The fraction of sp³-hybridized carbons (Fsp3) is 0.562. The molecule has 1 N–H and O–H groups in total. The van der Waals surface area contributed by atoms with E-state index in [1.165, 1.54) is 0 Å². The molecular formula is C16H23NO3. The van der Waals surface area contributed by atoms with E-state index in [0.717, 1.165) is 43.5 Å². The van der Waals surface area contributed by atoms with Crippen LogP contribution in [0, 0.1) is 0 Å². The van der Waals surface area contributed by atoms with Crippen molar-refractivity contribution in [1.29, 1.82) is 0 Å². The van der Waals surface area contributed by atoms with E-state index in [9.17, 15) is 9.90 Å². The van der Waals surface area contributed by atoms with Crippen molar-refractivity contribution in [3.8, 4) is 5.75 Å². The van der Waals surface area contributed by atoms with Crippen molar-refractivity contribution < 1.29 is 14.6 Å². The molecule has 0 spiro atoms. The van der Waals surface area contributed by atoms with E-state index in [1.54, 1.807) is 7.11 Å². The third-order valence-electron chi connectivity index (χ3n) is 3.94. The quantitative estimate of drug-likeness (QED) is 0.916. The smallest absolute Gasteiger partial charge is 0.227 e. The van der Waals surface area contributed by atoms with Gasteiger partial charge in [0.2, 0.25) is 5.91 Å². The van der Waals surface area contributed by atoms with Gasteiger partial charge in [-0.05, 0) is 18.9 Å². The first-order valence-corrected chi connectivity index (χ1v) is 7.28. The van der Waals surface area contributed by atoms with E-state index in [2.05, 4.69) is 0 Å². The summed E-state index contributed by atoms with van der Waals surface area (Å²) in [7, 11) is 1.62. The number of hydrogen-bond donors (Lipinski definition) is 1. The molecule has 1 amide bonds. The highest BCUT2D eigenvalue weighted by molar-refractivity contribution is 5.80. The van der Waals surface area contributed by atoms with Gasteiger partial charge in [-0.15, -0.1) is 0 Å². The van der Waals surface area contributed by atoms with Gasteiger partial charge in [0.05, 0.1) is 26.2 Å². The third kappa shape index (κ3) is 3.51. The van der Waals surface area contributed by atoms with Gasteiger partial charge in [-0.3, -0.25) is 4.79 Å². The predicted molar refractivity (Wildman–Crippen MR) is 77.8 cm³/mol. The zero-order valence-electron chi connectivity index (χ0n) is 12.0. The summed E-state index contributed by atoms with van der Waals surface area (Å²) in [6, 6.07) is 7.57. The topological polar surface area (TPSA) is 49.8 Å². The fourth-order valence-electron chi connectivity index (χ4n) is 2.81. The Balaban J connectivity index is 2.09. The molecule has 20 heavy (non-hydrogen) atoms. The number of nitrogens with zero attached hydrogens (tertiary/aromatic N) is 1. The summed E-state index contributed by atoms with van der Waals surface area (Å²) in [6.07, 6.45) is 4.47. The highest BCUT2D eigenvalue weighted by atomic mass is 16.5. The highest BCUT2D eigenvalue weighted by Gasteiger charge is 2.25. The predicted octanol–water partition coefficient (Wildman–Crippen LogP) is 2.00. The number of rotatable bonds is 4. The molecule has 1 heterocycles. The first-order valence-electron chi connectivity index (χ1n) is 7.28. The molecule has 1 aliphatic rings. The molecule has 2 rings (SSSR count). The van der Waals surface area contributed by atoms with Gasteiger partial charge in [-0.25, -0.2) is 0 Å². The lowest BCUT2D eigenvalue weighted by molar-refractivity contribution is -0.133. The lowest BCUT2D eigenvalue weighted by Crippen LogP contribution is -2.42. The lowest BCUT2D eigenvalue weighted by atomic mass is 10.1. The van der Waals surface area contributed by atoms with Crippen LogP contribution in [0.15, 0.2) is 24.3 Å². The van der Waals surface area contributed by atoms with E-state index in [0.29, 0.717) is 6.42 Å². The Kier molecular flexibility index (Phi) is 5.41. The number of amides is 1. The summed E-state index contributed by atoms with van der Waals surface area (Å²) in [4.78, 5) is 14.4.